The van der Waals surface area contributed by atoms with Gasteiger partial charge in [0, 0.05) is 16.7 Å². The van der Waals surface area contributed by atoms with Crippen LogP contribution in [0.1, 0.15) is 71.9 Å². The van der Waals surface area contributed by atoms with Crippen LogP contribution < -0.4 is 0 Å². The van der Waals surface area contributed by atoms with Crippen LogP contribution in [0.3, 0.4) is 0 Å². The van der Waals surface area contributed by atoms with Gasteiger partial charge in [-0.3, -0.25) is 0 Å². The van der Waals surface area contributed by atoms with Crippen molar-refractivity contribution in [3.8, 4) is 51.4 Å². The van der Waals surface area contributed by atoms with Gasteiger partial charge in [0.25, 0.3) is 0 Å². The summed E-state index contributed by atoms with van der Waals surface area (Å²) in [7, 11) is 0. The van der Waals surface area contributed by atoms with Crippen molar-refractivity contribution in [2.45, 2.75) is 49.4 Å². The van der Waals surface area contributed by atoms with E-state index in [2.05, 4.69) is 127 Å². The predicted molar refractivity (Wildman–Crippen MR) is 218 cm³/mol. The first-order chi connectivity index (χ1) is 27.1. The quantitative estimate of drug-likeness (QED) is 0.172. The van der Waals surface area contributed by atoms with Gasteiger partial charge in [-0.15, -0.1) is 0 Å². The standard InChI is InChI=1S/C51H40N4/c52-32-33-16-23-45-44(27-33)43-22-19-39(28-46(43)51(45,41-12-6-2-7-13-41)42-14-8-3-9-15-42)49-54-47(37-10-4-1-5-11-37)53-48(55-49)38-17-20-40(21-18-38)50-29-34-24-35(30-50)26-36(25-34)31-50/h1-23,27-28,34-36H,24-26,29-31H2. The molecule has 4 heteroatoms. The zero-order valence-corrected chi connectivity index (χ0v) is 30.7. The van der Waals surface area contributed by atoms with Crippen molar-refractivity contribution in [3.63, 3.8) is 0 Å². The van der Waals surface area contributed by atoms with E-state index in [1.165, 1.54) is 55.2 Å². The van der Waals surface area contributed by atoms with Crippen molar-refractivity contribution in [3.05, 3.63) is 185 Å². The summed E-state index contributed by atoms with van der Waals surface area (Å²) in [4.78, 5) is 15.5. The third-order valence-corrected chi connectivity index (χ3v) is 13.4. The summed E-state index contributed by atoms with van der Waals surface area (Å²) < 4.78 is 0. The summed E-state index contributed by atoms with van der Waals surface area (Å²) >= 11 is 0. The van der Waals surface area contributed by atoms with Gasteiger partial charge in [0.2, 0.25) is 0 Å². The van der Waals surface area contributed by atoms with Crippen LogP contribution in [0.25, 0.3) is 45.3 Å². The molecule has 0 unspecified atom stereocenters. The molecule has 1 heterocycles. The van der Waals surface area contributed by atoms with Crippen molar-refractivity contribution in [2.24, 2.45) is 17.8 Å². The average molecular weight is 709 g/mol. The molecule has 12 rings (SSSR count). The highest BCUT2D eigenvalue weighted by atomic mass is 15.0. The number of aromatic nitrogens is 3. The van der Waals surface area contributed by atoms with Crippen molar-refractivity contribution in [2.75, 3.05) is 0 Å². The van der Waals surface area contributed by atoms with Crippen LogP contribution in [0.15, 0.2) is 152 Å². The van der Waals surface area contributed by atoms with Crippen molar-refractivity contribution >= 4 is 0 Å². The van der Waals surface area contributed by atoms with E-state index in [1.807, 2.05) is 30.3 Å². The molecule has 4 nitrogen and oxygen atoms in total. The maximum Gasteiger partial charge on any atom is 0.164 e. The molecule has 0 atom stereocenters. The second kappa shape index (κ2) is 12.4. The number of nitriles is 1. The fourth-order valence-corrected chi connectivity index (χ4v) is 11.5. The first kappa shape index (κ1) is 32.3. The Kier molecular flexibility index (Phi) is 7.29. The summed E-state index contributed by atoms with van der Waals surface area (Å²) in [6.45, 7) is 0. The van der Waals surface area contributed by atoms with E-state index in [9.17, 15) is 5.26 Å². The van der Waals surface area contributed by atoms with E-state index >= 15 is 0 Å². The maximum absolute atomic E-state index is 9.97. The molecule has 1 aromatic heterocycles. The van der Waals surface area contributed by atoms with Crippen LogP contribution in [-0.2, 0) is 10.8 Å². The second-order valence-corrected chi connectivity index (χ2v) is 16.6. The predicted octanol–water partition coefficient (Wildman–Crippen LogP) is 11.6. The monoisotopic (exact) mass is 708 g/mol. The lowest BCUT2D eigenvalue weighted by atomic mass is 9.48. The van der Waals surface area contributed by atoms with Gasteiger partial charge in [-0.05, 0) is 119 Å². The van der Waals surface area contributed by atoms with Crippen LogP contribution in [-0.4, -0.2) is 15.0 Å². The van der Waals surface area contributed by atoms with E-state index in [4.69, 9.17) is 15.0 Å². The van der Waals surface area contributed by atoms with Crippen LogP contribution in [0.5, 0.6) is 0 Å². The first-order valence-electron chi connectivity index (χ1n) is 19.8. The minimum Gasteiger partial charge on any atom is -0.208 e. The van der Waals surface area contributed by atoms with Gasteiger partial charge in [-0.25, -0.2) is 15.0 Å². The summed E-state index contributed by atoms with van der Waals surface area (Å²) in [6, 6.07) is 56.1. The lowest BCUT2D eigenvalue weighted by Crippen LogP contribution is -2.48. The Balaban J connectivity index is 1.08. The summed E-state index contributed by atoms with van der Waals surface area (Å²) in [5.74, 6) is 4.69. The summed E-state index contributed by atoms with van der Waals surface area (Å²) in [5, 5.41) is 9.97. The Bertz CT molecular complexity index is 2550. The molecule has 0 aliphatic heterocycles. The largest absolute Gasteiger partial charge is 0.208 e. The van der Waals surface area contributed by atoms with Gasteiger partial charge in [0.1, 0.15) is 0 Å². The van der Waals surface area contributed by atoms with Gasteiger partial charge in [0.05, 0.1) is 17.0 Å². The summed E-state index contributed by atoms with van der Waals surface area (Å²) in [5.41, 5.74) is 11.6. The van der Waals surface area contributed by atoms with E-state index in [0.29, 0.717) is 28.5 Å². The van der Waals surface area contributed by atoms with Gasteiger partial charge in [-0.1, -0.05) is 133 Å². The Hall–Kier alpha value is -6.18. The summed E-state index contributed by atoms with van der Waals surface area (Å²) in [6.07, 6.45) is 8.38. The van der Waals surface area contributed by atoms with E-state index in [-0.39, 0.29) is 0 Å². The second-order valence-electron chi connectivity index (χ2n) is 16.6. The molecule has 4 saturated carbocycles. The highest BCUT2D eigenvalue weighted by Crippen LogP contribution is 2.61. The lowest BCUT2D eigenvalue weighted by molar-refractivity contribution is -0.00518. The molecule has 4 fully saturated rings. The molecule has 264 valence electrons. The third-order valence-electron chi connectivity index (χ3n) is 13.4. The zero-order valence-electron chi connectivity index (χ0n) is 30.7. The first-order valence-corrected chi connectivity index (χ1v) is 19.8. The molecule has 0 spiro atoms. The molecule has 4 bridgehead atoms. The van der Waals surface area contributed by atoms with Crippen LogP contribution in [0.4, 0.5) is 0 Å². The van der Waals surface area contributed by atoms with Gasteiger partial charge in [-0.2, -0.15) is 5.26 Å². The fraction of sp³-hybridized carbons (Fsp3) is 0.216. The lowest BCUT2D eigenvalue weighted by Gasteiger charge is -2.57. The molecule has 0 N–H and O–H groups in total. The van der Waals surface area contributed by atoms with Crippen LogP contribution in [0.2, 0.25) is 0 Å². The molecule has 5 aliphatic rings. The molecular weight excluding hydrogens is 669 g/mol. The molecular formula is C51H40N4. The normalized spacial score (nSPS) is 22.5. The Morgan fingerprint density at radius 1 is 0.455 bits per heavy atom. The number of benzene rings is 6. The SMILES string of the molecule is N#Cc1ccc2c(c1)-c1ccc(-c3nc(-c4ccccc4)nc(-c4ccc(C56CC7CC(CC(C7)C5)C6)cc4)n3)cc1C2(c1ccccc1)c1ccccc1. The number of rotatable bonds is 6. The van der Waals surface area contributed by atoms with Crippen molar-refractivity contribution in [1.29, 1.82) is 5.26 Å². The van der Waals surface area contributed by atoms with Gasteiger partial charge >= 0.3 is 0 Å². The number of nitrogens with zero attached hydrogens (tertiary/aromatic N) is 4. The zero-order chi connectivity index (χ0) is 36.6. The van der Waals surface area contributed by atoms with Gasteiger partial charge < -0.3 is 0 Å². The van der Waals surface area contributed by atoms with Crippen LogP contribution in [0, 0.1) is 29.1 Å². The van der Waals surface area contributed by atoms with Crippen molar-refractivity contribution in [1.82, 2.24) is 15.0 Å². The smallest absolute Gasteiger partial charge is 0.164 e. The molecule has 0 radical (unpaired) electrons. The number of hydrogen-bond acceptors (Lipinski definition) is 4. The maximum atomic E-state index is 9.97. The average Bonchev–Trinajstić information content (AvgIpc) is 3.53. The minimum atomic E-state index is -0.609. The molecule has 0 saturated heterocycles. The minimum absolute atomic E-state index is 0.340. The number of hydrogen-bond donors (Lipinski definition) is 0. The molecule has 7 aromatic rings. The van der Waals surface area contributed by atoms with E-state index in [1.54, 1.807) is 0 Å². The van der Waals surface area contributed by atoms with Crippen LogP contribution >= 0.6 is 0 Å². The van der Waals surface area contributed by atoms with E-state index in [0.717, 1.165) is 56.7 Å². The molecule has 0 amide bonds. The Morgan fingerprint density at radius 3 is 1.53 bits per heavy atom. The third kappa shape index (κ3) is 5.06. The molecule has 6 aromatic carbocycles. The Labute approximate surface area is 322 Å². The van der Waals surface area contributed by atoms with Crippen molar-refractivity contribution < 1.29 is 0 Å². The topological polar surface area (TPSA) is 62.5 Å². The highest BCUT2D eigenvalue weighted by Gasteiger charge is 2.51. The highest BCUT2D eigenvalue weighted by molar-refractivity contribution is 5.88. The number of fused-ring (bicyclic) bond motifs is 3. The molecule has 5 aliphatic carbocycles. The Morgan fingerprint density at radius 2 is 0.964 bits per heavy atom. The molecule has 55 heavy (non-hydrogen) atoms. The van der Waals surface area contributed by atoms with E-state index < -0.39 is 5.41 Å². The van der Waals surface area contributed by atoms with Gasteiger partial charge in [0.15, 0.2) is 17.5 Å². The fourth-order valence-electron chi connectivity index (χ4n) is 11.5.